The largest absolute Gasteiger partial charge is 0.497 e. The molecule has 194 valence electrons. The Bertz CT molecular complexity index is 1630. The molecule has 0 aliphatic carbocycles. The standard InChI is InChI=1S/C25H17ClF4N6O2/c1-38-15-7-5-14(6-8-15)20-11-21(25(28,29)30)36-23(32-20)16(12-31-36)24(37)33-22-9-10-35(34-22)13-17-18(26)3-2-4-19(17)27/h2-12H,13H2,1H3,(H,33,34,37). The Balaban J connectivity index is 1.47. The molecule has 3 aromatic heterocycles. The summed E-state index contributed by atoms with van der Waals surface area (Å²) >= 11 is 6.06. The normalized spacial score (nSPS) is 11.6. The Hall–Kier alpha value is -4.45. The van der Waals surface area contributed by atoms with Gasteiger partial charge in [-0.25, -0.2) is 13.9 Å². The number of alkyl halides is 3. The van der Waals surface area contributed by atoms with E-state index in [9.17, 15) is 22.4 Å². The Morgan fingerprint density at radius 1 is 1.13 bits per heavy atom. The Morgan fingerprint density at radius 3 is 2.58 bits per heavy atom. The molecule has 1 amide bonds. The second-order valence-corrected chi connectivity index (χ2v) is 8.51. The fraction of sp³-hybridized carbons (Fsp3) is 0.120. The molecule has 3 heterocycles. The third-order valence-electron chi connectivity index (χ3n) is 5.66. The first-order valence-electron chi connectivity index (χ1n) is 11.0. The van der Waals surface area contributed by atoms with Gasteiger partial charge in [-0.05, 0) is 42.5 Å². The van der Waals surface area contributed by atoms with E-state index in [2.05, 4.69) is 20.5 Å². The average Bonchev–Trinajstić information content (AvgIpc) is 3.52. The van der Waals surface area contributed by atoms with Gasteiger partial charge >= 0.3 is 6.18 Å². The molecule has 0 saturated heterocycles. The topological polar surface area (TPSA) is 86.3 Å². The number of nitrogens with one attached hydrogen (secondary N) is 1. The molecule has 0 fully saturated rings. The summed E-state index contributed by atoms with van der Waals surface area (Å²) < 4.78 is 62.7. The van der Waals surface area contributed by atoms with Gasteiger partial charge in [-0.15, -0.1) is 0 Å². The molecule has 0 unspecified atom stereocenters. The van der Waals surface area contributed by atoms with Crippen molar-refractivity contribution in [2.45, 2.75) is 12.7 Å². The number of methoxy groups -OCH3 is 1. The minimum Gasteiger partial charge on any atom is -0.497 e. The van der Waals surface area contributed by atoms with Crippen molar-refractivity contribution in [3.8, 4) is 17.0 Å². The molecule has 0 radical (unpaired) electrons. The molecule has 0 saturated carbocycles. The summed E-state index contributed by atoms with van der Waals surface area (Å²) in [6.45, 7) is -0.000187. The van der Waals surface area contributed by atoms with Crippen LogP contribution in [0.3, 0.4) is 0 Å². The van der Waals surface area contributed by atoms with Crippen molar-refractivity contribution in [3.63, 3.8) is 0 Å². The highest BCUT2D eigenvalue weighted by Crippen LogP contribution is 2.33. The molecule has 5 aromatic rings. The van der Waals surface area contributed by atoms with Gasteiger partial charge < -0.3 is 10.1 Å². The van der Waals surface area contributed by atoms with Gasteiger partial charge in [0.05, 0.1) is 25.5 Å². The third-order valence-corrected chi connectivity index (χ3v) is 6.01. The first-order valence-corrected chi connectivity index (χ1v) is 11.4. The molecule has 0 spiro atoms. The number of fused-ring (bicyclic) bond motifs is 1. The van der Waals surface area contributed by atoms with Crippen LogP contribution in [0.15, 0.2) is 67.0 Å². The van der Waals surface area contributed by atoms with Gasteiger partial charge in [0.1, 0.15) is 17.1 Å². The highest BCUT2D eigenvalue weighted by Gasteiger charge is 2.36. The van der Waals surface area contributed by atoms with Crippen LogP contribution in [0.25, 0.3) is 16.9 Å². The van der Waals surface area contributed by atoms with E-state index in [0.29, 0.717) is 15.8 Å². The lowest BCUT2D eigenvalue weighted by atomic mass is 10.1. The van der Waals surface area contributed by atoms with Crippen LogP contribution in [0.4, 0.5) is 23.4 Å². The van der Waals surface area contributed by atoms with Crippen molar-refractivity contribution in [1.82, 2.24) is 24.4 Å². The van der Waals surface area contributed by atoms with Crippen molar-refractivity contribution in [2.24, 2.45) is 0 Å². The highest BCUT2D eigenvalue weighted by molar-refractivity contribution is 6.31. The molecule has 2 aromatic carbocycles. The Kier molecular flexibility index (Phi) is 6.49. The van der Waals surface area contributed by atoms with Crippen LogP contribution < -0.4 is 10.1 Å². The summed E-state index contributed by atoms with van der Waals surface area (Å²) in [5.74, 6) is -0.679. The predicted octanol–water partition coefficient (Wildman–Crippen LogP) is 5.71. The summed E-state index contributed by atoms with van der Waals surface area (Å²) in [6, 6.07) is 12.9. The van der Waals surface area contributed by atoms with Crippen molar-refractivity contribution >= 4 is 29.0 Å². The Labute approximate surface area is 217 Å². The first-order chi connectivity index (χ1) is 18.1. The maximum atomic E-state index is 14.1. The molecule has 5 rings (SSSR count). The molecule has 38 heavy (non-hydrogen) atoms. The van der Waals surface area contributed by atoms with Crippen LogP contribution in [-0.2, 0) is 12.7 Å². The second-order valence-electron chi connectivity index (χ2n) is 8.10. The van der Waals surface area contributed by atoms with Crippen LogP contribution in [0.1, 0.15) is 21.6 Å². The fourth-order valence-corrected chi connectivity index (χ4v) is 4.00. The number of benzene rings is 2. The minimum atomic E-state index is -4.77. The SMILES string of the molecule is COc1ccc(-c2cc(C(F)(F)F)n3ncc(C(=O)Nc4ccn(Cc5c(F)cccc5Cl)n4)c3n2)cc1. The van der Waals surface area contributed by atoms with E-state index in [1.807, 2.05) is 0 Å². The fourth-order valence-electron chi connectivity index (χ4n) is 3.78. The number of carbonyl (C=O) groups excluding carboxylic acids is 1. The van der Waals surface area contributed by atoms with E-state index >= 15 is 0 Å². The van der Waals surface area contributed by atoms with E-state index in [1.165, 1.54) is 36.2 Å². The number of halogens is 5. The lowest BCUT2D eigenvalue weighted by molar-refractivity contribution is -0.142. The first kappa shape index (κ1) is 25.2. The molecular weight excluding hydrogens is 528 g/mol. The van der Waals surface area contributed by atoms with Crippen molar-refractivity contribution < 1.29 is 27.1 Å². The number of ether oxygens (including phenoxy) is 1. The zero-order valence-electron chi connectivity index (χ0n) is 19.5. The van der Waals surface area contributed by atoms with Crippen LogP contribution in [-0.4, -0.2) is 37.4 Å². The van der Waals surface area contributed by atoms with Crippen LogP contribution in [0.2, 0.25) is 5.02 Å². The monoisotopic (exact) mass is 544 g/mol. The van der Waals surface area contributed by atoms with E-state index in [4.69, 9.17) is 16.3 Å². The molecule has 0 bridgehead atoms. The van der Waals surface area contributed by atoms with Gasteiger partial charge in [-0.3, -0.25) is 9.48 Å². The quantitative estimate of drug-likeness (QED) is 0.277. The summed E-state index contributed by atoms with van der Waals surface area (Å²) in [7, 11) is 1.47. The summed E-state index contributed by atoms with van der Waals surface area (Å²) in [5, 5.41) is 10.7. The van der Waals surface area contributed by atoms with Crippen molar-refractivity contribution in [3.05, 3.63) is 94.7 Å². The number of amides is 1. The third kappa shape index (κ3) is 4.90. The molecule has 0 aliphatic rings. The molecule has 0 atom stereocenters. The van der Waals surface area contributed by atoms with E-state index in [-0.39, 0.29) is 39.9 Å². The molecule has 0 aliphatic heterocycles. The number of rotatable bonds is 6. The van der Waals surface area contributed by atoms with Gasteiger partial charge in [0.2, 0.25) is 0 Å². The van der Waals surface area contributed by atoms with Gasteiger partial charge in [0.25, 0.3) is 5.91 Å². The molecular formula is C25H17ClF4N6O2. The van der Waals surface area contributed by atoms with Crippen molar-refractivity contribution in [1.29, 1.82) is 0 Å². The van der Waals surface area contributed by atoms with E-state index < -0.39 is 23.6 Å². The van der Waals surface area contributed by atoms with Crippen LogP contribution in [0, 0.1) is 5.82 Å². The van der Waals surface area contributed by atoms with Gasteiger partial charge in [0.15, 0.2) is 17.2 Å². The maximum absolute atomic E-state index is 14.1. The van der Waals surface area contributed by atoms with Gasteiger partial charge in [-0.1, -0.05) is 17.7 Å². The zero-order chi connectivity index (χ0) is 27.0. The number of hydrogen-bond acceptors (Lipinski definition) is 5. The molecule has 13 heteroatoms. The zero-order valence-corrected chi connectivity index (χ0v) is 20.3. The van der Waals surface area contributed by atoms with Gasteiger partial charge in [0, 0.05) is 28.4 Å². The highest BCUT2D eigenvalue weighted by atomic mass is 35.5. The number of aromatic nitrogens is 5. The minimum absolute atomic E-state index is 0.000187. The summed E-state index contributed by atoms with van der Waals surface area (Å²) in [5.41, 5.74) is -0.991. The maximum Gasteiger partial charge on any atom is 0.433 e. The summed E-state index contributed by atoms with van der Waals surface area (Å²) in [6.07, 6.45) is -2.27. The Morgan fingerprint density at radius 2 is 1.89 bits per heavy atom. The lowest BCUT2D eigenvalue weighted by Crippen LogP contribution is -2.16. The molecule has 8 nitrogen and oxygen atoms in total. The number of nitrogens with zero attached hydrogens (tertiary/aromatic N) is 5. The number of carbonyl (C=O) groups is 1. The number of hydrogen-bond donors (Lipinski definition) is 1. The predicted molar refractivity (Wildman–Crippen MR) is 131 cm³/mol. The van der Waals surface area contributed by atoms with Crippen molar-refractivity contribution in [2.75, 3.05) is 12.4 Å². The second kappa shape index (κ2) is 9.78. The number of anilines is 1. The van der Waals surface area contributed by atoms with E-state index in [0.717, 1.165) is 12.3 Å². The van der Waals surface area contributed by atoms with Crippen LogP contribution in [0.5, 0.6) is 5.75 Å². The lowest BCUT2D eigenvalue weighted by Gasteiger charge is -2.12. The average molecular weight is 545 g/mol. The van der Waals surface area contributed by atoms with Gasteiger partial charge in [-0.2, -0.15) is 23.4 Å². The summed E-state index contributed by atoms with van der Waals surface area (Å²) in [4.78, 5) is 17.3. The van der Waals surface area contributed by atoms with Crippen LogP contribution >= 0.6 is 11.6 Å². The smallest absolute Gasteiger partial charge is 0.433 e. The molecule has 1 N–H and O–H groups in total. The van der Waals surface area contributed by atoms with E-state index in [1.54, 1.807) is 30.3 Å².